The summed E-state index contributed by atoms with van der Waals surface area (Å²) in [5.41, 5.74) is 1.71. The van der Waals surface area contributed by atoms with Crippen LogP contribution in [0.1, 0.15) is 70.3 Å². The molecule has 0 saturated carbocycles. The molecule has 0 aromatic heterocycles. The molecule has 298 valence electrons. The maximum Gasteiger partial charge on any atom is 0.347 e. The summed E-state index contributed by atoms with van der Waals surface area (Å²) in [6, 6.07) is 11.4. The van der Waals surface area contributed by atoms with Crippen LogP contribution in [0.2, 0.25) is 5.02 Å². The zero-order valence-corrected chi connectivity index (χ0v) is 32.7. The van der Waals surface area contributed by atoms with Gasteiger partial charge in [0.05, 0.1) is 11.5 Å². The summed E-state index contributed by atoms with van der Waals surface area (Å²) in [7, 11) is 0. The van der Waals surface area contributed by atoms with Crippen LogP contribution in [0.5, 0.6) is 0 Å². The molecule has 2 aliphatic heterocycles. The monoisotopic (exact) mass is 784 g/mol. The van der Waals surface area contributed by atoms with E-state index >= 15 is 0 Å². The zero-order chi connectivity index (χ0) is 40.3. The molecule has 1 fully saturated rings. The van der Waals surface area contributed by atoms with Crippen molar-refractivity contribution in [3.05, 3.63) is 76.3 Å². The topological polar surface area (TPSA) is 174 Å². The maximum atomic E-state index is 13.7. The number of alkyl halides is 1. The SMILES string of the molecule is Cc1ccc(C[C@H]2NC(=O)/C=C/C[C@@H]([C@H](C)C3OC3c3ccc(NC(=O)CN=COCF)cc3)OC(=O)[C@H](CC(C)C)OC(=O)C(C)(C)CNC2=O)cc1Cl. The number of hydrogen-bond acceptors (Lipinski definition) is 10. The standard InChI is InChI=1S/C40H50ClFN4O9/c1-23(2)16-32-38(50)53-31(25(4)35-36(55-35)27-12-14-28(15-13-27)45-34(48)19-43-22-52-21-42)8-7-9-33(47)46-30(18-26-11-10-24(3)29(41)17-26)37(49)44-20-40(5,6)39(51)54-32/h7,9-15,17,22-23,25,30-32,35-36H,8,16,18-21H2,1-6H3,(H,44,49)(H,45,48)(H,46,47)/b9-7+,43-22?/t25-,30+,31-,32-,35?,36?/m0/s1. The summed E-state index contributed by atoms with van der Waals surface area (Å²) >= 11 is 6.34. The van der Waals surface area contributed by atoms with Crippen molar-refractivity contribution in [1.29, 1.82) is 0 Å². The largest absolute Gasteiger partial charge is 0.459 e. The molecule has 3 amide bonds. The molecule has 0 aliphatic carbocycles. The molecule has 55 heavy (non-hydrogen) atoms. The van der Waals surface area contributed by atoms with Gasteiger partial charge in [-0.2, -0.15) is 0 Å². The summed E-state index contributed by atoms with van der Waals surface area (Å²) in [6.07, 6.45) is 1.52. The van der Waals surface area contributed by atoms with Gasteiger partial charge in [-0.25, -0.2) is 14.2 Å². The number of ether oxygens (including phenoxy) is 4. The minimum Gasteiger partial charge on any atom is -0.459 e. The van der Waals surface area contributed by atoms with E-state index in [0.717, 1.165) is 23.1 Å². The molecule has 2 aliphatic rings. The van der Waals surface area contributed by atoms with Crippen molar-refractivity contribution < 1.29 is 47.3 Å². The molecule has 2 aromatic carbocycles. The highest BCUT2D eigenvalue weighted by Crippen LogP contribution is 2.45. The fourth-order valence-electron chi connectivity index (χ4n) is 5.91. The number of nitrogens with one attached hydrogen (secondary N) is 3. The van der Waals surface area contributed by atoms with Crippen LogP contribution in [-0.2, 0) is 49.3 Å². The number of epoxide rings is 1. The number of esters is 2. The molecule has 4 rings (SSSR count). The lowest BCUT2D eigenvalue weighted by molar-refractivity contribution is -0.179. The van der Waals surface area contributed by atoms with E-state index in [-0.39, 0.29) is 56.4 Å². The van der Waals surface area contributed by atoms with Crippen LogP contribution in [0.3, 0.4) is 0 Å². The Balaban J connectivity index is 1.54. The number of hydrogen-bond donors (Lipinski definition) is 3. The number of amides is 3. The first kappa shape index (κ1) is 42.9. The van der Waals surface area contributed by atoms with Gasteiger partial charge in [-0.05, 0) is 74.1 Å². The number of anilines is 1. The smallest absolute Gasteiger partial charge is 0.347 e. The number of nitrogens with zero attached hydrogens (tertiary/aromatic N) is 1. The molecule has 6 atom stereocenters. The Bertz CT molecular complexity index is 1750. The molecule has 2 heterocycles. The summed E-state index contributed by atoms with van der Waals surface area (Å²) in [4.78, 5) is 69.7. The fourth-order valence-corrected chi connectivity index (χ4v) is 6.11. The van der Waals surface area contributed by atoms with Gasteiger partial charge in [0.2, 0.25) is 24.6 Å². The van der Waals surface area contributed by atoms with Crippen molar-refractivity contribution in [3.8, 4) is 0 Å². The maximum absolute atomic E-state index is 13.7. The predicted octanol–water partition coefficient (Wildman–Crippen LogP) is 5.33. The Hall–Kier alpha value is -4.82. The van der Waals surface area contributed by atoms with E-state index < -0.39 is 60.2 Å². The van der Waals surface area contributed by atoms with Gasteiger partial charge in [-0.15, -0.1) is 0 Å². The Morgan fingerprint density at radius 3 is 2.51 bits per heavy atom. The van der Waals surface area contributed by atoms with Crippen molar-refractivity contribution in [2.45, 2.75) is 91.3 Å². The minimum absolute atomic E-state index is 0.0266. The summed E-state index contributed by atoms with van der Waals surface area (Å²) in [5, 5.41) is 8.75. The first-order chi connectivity index (χ1) is 26.1. The van der Waals surface area contributed by atoms with Crippen molar-refractivity contribution in [2.75, 3.05) is 25.3 Å². The first-order valence-corrected chi connectivity index (χ1v) is 18.6. The van der Waals surface area contributed by atoms with Crippen molar-refractivity contribution >= 4 is 53.3 Å². The summed E-state index contributed by atoms with van der Waals surface area (Å²) in [6.45, 7) is 9.33. The van der Waals surface area contributed by atoms with E-state index in [1.807, 2.05) is 39.8 Å². The van der Waals surface area contributed by atoms with Crippen molar-refractivity contribution in [2.24, 2.45) is 22.2 Å². The molecule has 2 unspecified atom stereocenters. The Morgan fingerprint density at radius 2 is 1.84 bits per heavy atom. The average Bonchev–Trinajstić information content (AvgIpc) is 3.93. The normalized spacial score (nSPS) is 24.6. The number of aryl methyl sites for hydroxylation is 1. The number of benzene rings is 2. The van der Waals surface area contributed by atoms with Crippen LogP contribution >= 0.6 is 11.6 Å². The molecule has 15 heteroatoms. The van der Waals surface area contributed by atoms with Crippen LogP contribution in [-0.4, -0.2) is 80.4 Å². The number of aliphatic imine (C=N–C) groups is 1. The third-order valence-electron chi connectivity index (χ3n) is 9.27. The van der Waals surface area contributed by atoms with Gasteiger partial charge >= 0.3 is 11.9 Å². The third-order valence-corrected chi connectivity index (χ3v) is 9.68. The number of carbonyl (C=O) groups is 5. The third kappa shape index (κ3) is 12.9. The highest BCUT2D eigenvalue weighted by Gasteiger charge is 2.48. The van der Waals surface area contributed by atoms with E-state index in [1.165, 1.54) is 6.08 Å². The molecule has 1 saturated heterocycles. The highest BCUT2D eigenvalue weighted by molar-refractivity contribution is 6.31. The Kier molecular flexibility index (Phi) is 15.3. The number of rotatable bonds is 12. The van der Waals surface area contributed by atoms with Gasteiger partial charge in [0.15, 0.2) is 12.5 Å². The van der Waals surface area contributed by atoms with E-state index in [0.29, 0.717) is 10.7 Å². The van der Waals surface area contributed by atoms with E-state index in [2.05, 4.69) is 25.7 Å². The van der Waals surface area contributed by atoms with E-state index in [1.54, 1.807) is 50.3 Å². The Morgan fingerprint density at radius 1 is 1.11 bits per heavy atom. The molecule has 13 nitrogen and oxygen atoms in total. The lowest BCUT2D eigenvalue weighted by Gasteiger charge is -2.29. The zero-order valence-electron chi connectivity index (χ0n) is 31.9. The van der Waals surface area contributed by atoms with Gasteiger partial charge in [0.25, 0.3) is 0 Å². The van der Waals surface area contributed by atoms with Gasteiger partial charge in [-0.3, -0.25) is 19.2 Å². The van der Waals surface area contributed by atoms with Crippen LogP contribution in [0, 0.1) is 24.2 Å². The summed E-state index contributed by atoms with van der Waals surface area (Å²) < 4.78 is 34.3. The molecule has 0 bridgehead atoms. The lowest BCUT2D eigenvalue weighted by Crippen LogP contribution is -2.51. The Labute approximate surface area is 325 Å². The van der Waals surface area contributed by atoms with Crippen molar-refractivity contribution in [1.82, 2.24) is 10.6 Å². The lowest BCUT2D eigenvalue weighted by atomic mass is 9.92. The van der Waals surface area contributed by atoms with Crippen LogP contribution < -0.4 is 16.0 Å². The van der Waals surface area contributed by atoms with Gasteiger partial charge in [-0.1, -0.05) is 62.7 Å². The van der Waals surface area contributed by atoms with Gasteiger partial charge < -0.3 is 34.9 Å². The average molecular weight is 785 g/mol. The quantitative estimate of drug-likeness (QED) is 0.111. The van der Waals surface area contributed by atoms with Crippen molar-refractivity contribution in [3.63, 3.8) is 0 Å². The number of carbonyl (C=O) groups excluding carboxylic acids is 5. The minimum atomic E-state index is -1.23. The second-order valence-electron chi connectivity index (χ2n) is 14.9. The number of cyclic esters (lactones) is 2. The molecule has 0 spiro atoms. The second kappa shape index (κ2) is 19.7. The van der Waals surface area contributed by atoms with E-state index in [9.17, 15) is 28.4 Å². The van der Waals surface area contributed by atoms with Crippen LogP contribution in [0.25, 0.3) is 0 Å². The molecule has 2 aromatic rings. The van der Waals surface area contributed by atoms with Crippen LogP contribution in [0.15, 0.2) is 59.6 Å². The highest BCUT2D eigenvalue weighted by atomic mass is 35.5. The fraction of sp³-hybridized carbons (Fsp3) is 0.500. The summed E-state index contributed by atoms with van der Waals surface area (Å²) in [5.74, 6) is -3.27. The molecular formula is C40H50ClFN4O9. The van der Waals surface area contributed by atoms with E-state index in [4.69, 9.17) is 25.8 Å². The molecule has 0 radical (unpaired) electrons. The second-order valence-corrected chi connectivity index (χ2v) is 15.3. The van der Waals surface area contributed by atoms with Gasteiger partial charge in [0.1, 0.15) is 24.8 Å². The van der Waals surface area contributed by atoms with Gasteiger partial charge in [0, 0.05) is 36.0 Å². The van der Waals surface area contributed by atoms with Crippen LogP contribution in [0.4, 0.5) is 10.1 Å². The molecular weight excluding hydrogens is 735 g/mol. The number of halogens is 2. The molecule has 3 N–H and O–H groups in total. The predicted molar refractivity (Wildman–Crippen MR) is 204 cm³/mol. The first-order valence-electron chi connectivity index (χ1n) is 18.2.